The van der Waals surface area contributed by atoms with Gasteiger partial charge in [-0.3, -0.25) is 4.79 Å². The van der Waals surface area contributed by atoms with E-state index in [-0.39, 0.29) is 16.6 Å². The maximum atomic E-state index is 12.5. The Bertz CT molecular complexity index is 830. The fourth-order valence-corrected chi connectivity index (χ4v) is 3.38. The molecule has 1 aromatic carbocycles. The smallest absolute Gasteiger partial charge is 0.326 e. The molecule has 1 amide bonds. The standard InChI is InChI=1S/C19H22ClN3O3S/c1-11(2)7-15(18(25)26)22-17(24)16-14(20)9-21-19(23-16)27-10-13-6-4-5-12(3)8-13/h4-6,8-9,11,15H,7,10H2,1-3H3,(H,22,24)(H,25,26). The number of nitrogens with one attached hydrogen (secondary N) is 1. The summed E-state index contributed by atoms with van der Waals surface area (Å²) in [5.74, 6) is -0.938. The largest absolute Gasteiger partial charge is 0.480 e. The van der Waals surface area contributed by atoms with Gasteiger partial charge in [0.05, 0.1) is 11.2 Å². The molecule has 0 spiro atoms. The maximum Gasteiger partial charge on any atom is 0.326 e. The SMILES string of the molecule is Cc1cccc(CSc2ncc(Cl)c(C(=O)NC(CC(C)C)C(=O)O)n2)c1. The van der Waals surface area contributed by atoms with Gasteiger partial charge in [0, 0.05) is 5.75 Å². The van der Waals surface area contributed by atoms with Gasteiger partial charge in [-0.05, 0) is 24.8 Å². The fraction of sp³-hybridized carbons (Fsp3) is 0.368. The van der Waals surface area contributed by atoms with E-state index in [2.05, 4.69) is 21.4 Å². The van der Waals surface area contributed by atoms with Crippen molar-refractivity contribution in [3.05, 3.63) is 52.3 Å². The van der Waals surface area contributed by atoms with Gasteiger partial charge in [0.15, 0.2) is 10.9 Å². The number of carboxylic acids is 1. The normalized spacial score (nSPS) is 12.0. The topological polar surface area (TPSA) is 92.2 Å². The van der Waals surface area contributed by atoms with Crippen LogP contribution in [0.2, 0.25) is 5.02 Å². The lowest BCUT2D eigenvalue weighted by Crippen LogP contribution is -2.42. The zero-order valence-corrected chi connectivity index (χ0v) is 17.0. The first-order valence-electron chi connectivity index (χ1n) is 8.50. The third kappa shape index (κ3) is 6.52. The van der Waals surface area contributed by atoms with E-state index in [0.717, 1.165) is 11.1 Å². The van der Waals surface area contributed by atoms with Crippen molar-refractivity contribution in [2.45, 2.75) is 44.1 Å². The molecule has 0 aliphatic heterocycles. The Morgan fingerprint density at radius 1 is 1.33 bits per heavy atom. The first-order chi connectivity index (χ1) is 12.8. The van der Waals surface area contributed by atoms with Gasteiger partial charge in [-0.1, -0.05) is 67.0 Å². The molecule has 2 aromatic rings. The molecule has 8 heteroatoms. The van der Waals surface area contributed by atoms with Crippen LogP contribution in [-0.2, 0) is 10.5 Å². The number of hydrogen-bond donors (Lipinski definition) is 2. The Hall–Kier alpha value is -2.12. The molecule has 0 saturated carbocycles. The van der Waals surface area contributed by atoms with Crippen molar-refractivity contribution in [3.8, 4) is 0 Å². The maximum absolute atomic E-state index is 12.5. The van der Waals surface area contributed by atoms with Crippen LogP contribution in [0.15, 0.2) is 35.6 Å². The highest BCUT2D eigenvalue weighted by Crippen LogP contribution is 2.22. The van der Waals surface area contributed by atoms with Crippen LogP contribution in [0.5, 0.6) is 0 Å². The Kier molecular flexibility index (Phi) is 7.62. The molecule has 2 rings (SSSR count). The van der Waals surface area contributed by atoms with Crippen molar-refractivity contribution in [1.82, 2.24) is 15.3 Å². The predicted molar refractivity (Wildman–Crippen MR) is 106 cm³/mol. The predicted octanol–water partition coefficient (Wildman–Crippen LogP) is 3.96. The first kappa shape index (κ1) is 21.2. The van der Waals surface area contributed by atoms with Crippen molar-refractivity contribution in [1.29, 1.82) is 0 Å². The monoisotopic (exact) mass is 407 g/mol. The third-order valence-electron chi connectivity index (χ3n) is 3.70. The quantitative estimate of drug-likeness (QED) is 0.508. The van der Waals surface area contributed by atoms with Crippen LogP contribution in [0.1, 0.15) is 41.9 Å². The van der Waals surface area contributed by atoms with Crippen LogP contribution in [0.25, 0.3) is 0 Å². The number of carbonyl (C=O) groups excluding carboxylic acids is 1. The second kappa shape index (κ2) is 9.71. The summed E-state index contributed by atoms with van der Waals surface area (Å²) in [7, 11) is 0. The molecule has 1 heterocycles. The van der Waals surface area contributed by atoms with E-state index in [9.17, 15) is 14.7 Å². The van der Waals surface area contributed by atoms with E-state index < -0.39 is 17.9 Å². The van der Waals surface area contributed by atoms with Gasteiger partial charge < -0.3 is 10.4 Å². The molecule has 1 atom stereocenters. The Morgan fingerprint density at radius 2 is 2.07 bits per heavy atom. The minimum absolute atomic E-state index is 0.0200. The van der Waals surface area contributed by atoms with Crippen molar-refractivity contribution in [3.63, 3.8) is 0 Å². The third-order valence-corrected chi connectivity index (χ3v) is 4.91. The van der Waals surface area contributed by atoms with Gasteiger partial charge in [0.25, 0.3) is 5.91 Å². The zero-order valence-electron chi connectivity index (χ0n) is 15.4. The van der Waals surface area contributed by atoms with Crippen LogP contribution in [-0.4, -0.2) is 33.0 Å². The molecule has 6 nitrogen and oxygen atoms in total. The van der Waals surface area contributed by atoms with Crippen molar-refractivity contribution >= 4 is 35.2 Å². The minimum Gasteiger partial charge on any atom is -0.480 e. The molecule has 0 aliphatic rings. The molecular weight excluding hydrogens is 386 g/mol. The Balaban J connectivity index is 2.11. The highest BCUT2D eigenvalue weighted by molar-refractivity contribution is 7.98. The number of halogens is 1. The molecule has 0 fully saturated rings. The number of aliphatic carboxylic acids is 1. The molecule has 0 aliphatic carbocycles. The molecular formula is C19H22ClN3O3S. The second-order valence-electron chi connectivity index (χ2n) is 6.62. The summed E-state index contributed by atoms with van der Waals surface area (Å²) < 4.78 is 0. The first-order valence-corrected chi connectivity index (χ1v) is 9.87. The number of carbonyl (C=O) groups is 2. The lowest BCUT2D eigenvalue weighted by molar-refractivity contribution is -0.139. The number of thioether (sulfide) groups is 1. The molecule has 0 radical (unpaired) electrons. The Labute approximate surface area is 167 Å². The van der Waals surface area contributed by atoms with Gasteiger partial charge in [0.1, 0.15) is 6.04 Å². The van der Waals surface area contributed by atoms with Gasteiger partial charge in [0.2, 0.25) is 0 Å². The lowest BCUT2D eigenvalue weighted by atomic mass is 10.0. The summed E-state index contributed by atoms with van der Waals surface area (Å²) in [5.41, 5.74) is 2.26. The highest BCUT2D eigenvalue weighted by Gasteiger charge is 2.24. The van der Waals surface area contributed by atoms with E-state index in [1.807, 2.05) is 39.0 Å². The summed E-state index contributed by atoms with van der Waals surface area (Å²) in [4.78, 5) is 32.2. The number of benzene rings is 1. The van der Waals surface area contributed by atoms with Crippen molar-refractivity contribution in [2.75, 3.05) is 0 Å². The highest BCUT2D eigenvalue weighted by atomic mass is 35.5. The second-order valence-corrected chi connectivity index (χ2v) is 7.97. The summed E-state index contributed by atoms with van der Waals surface area (Å²) in [6.45, 7) is 5.80. The molecule has 0 saturated heterocycles. The number of hydrogen-bond acceptors (Lipinski definition) is 5. The molecule has 1 unspecified atom stereocenters. The number of nitrogens with zero attached hydrogens (tertiary/aromatic N) is 2. The van der Waals surface area contributed by atoms with Gasteiger partial charge in [-0.15, -0.1) is 0 Å². The van der Waals surface area contributed by atoms with Gasteiger partial charge in [-0.2, -0.15) is 0 Å². The van der Waals surface area contributed by atoms with Crippen LogP contribution in [0.3, 0.4) is 0 Å². The summed E-state index contributed by atoms with van der Waals surface area (Å²) in [6.07, 6.45) is 1.68. The van der Waals surface area contributed by atoms with E-state index in [1.54, 1.807) is 0 Å². The number of aryl methyl sites for hydroxylation is 1. The van der Waals surface area contributed by atoms with Gasteiger partial charge >= 0.3 is 5.97 Å². The zero-order chi connectivity index (χ0) is 20.0. The number of rotatable bonds is 8. The van der Waals surface area contributed by atoms with Crippen LogP contribution in [0.4, 0.5) is 0 Å². The van der Waals surface area contributed by atoms with Crippen LogP contribution < -0.4 is 5.32 Å². The van der Waals surface area contributed by atoms with Gasteiger partial charge in [-0.25, -0.2) is 14.8 Å². The number of amides is 1. The number of aromatic nitrogens is 2. The lowest BCUT2D eigenvalue weighted by Gasteiger charge is -2.16. The fourth-order valence-electron chi connectivity index (χ4n) is 2.45. The van der Waals surface area contributed by atoms with Crippen molar-refractivity contribution < 1.29 is 14.7 Å². The van der Waals surface area contributed by atoms with E-state index in [1.165, 1.54) is 18.0 Å². The van der Waals surface area contributed by atoms with E-state index >= 15 is 0 Å². The molecule has 144 valence electrons. The summed E-state index contributed by atoms with van der Waals surface area (Å²) in [6, 6.07) is 7.08. The summed E-state index contributed by atoms with van der Waals surface area (Å²) >= 11 is 7.44. The molecule has 1 aromatic heterocycles. The number of carboxylic acid groups (broad SMARTS) is 1. The van der Waals surface area contributed by atoms with Crippen molar-refractivity contribution in [2.24, 2.45) is 5.92 Å². The molecule has 0 bridgehead atoms. The Morgan fingerprint density at radius 3 is 2.70 bits per heavy atom. The van der Waals surface area contributed by atoms with Crippen LogP contribution >= 0.6 is 23.4 Å². The molecule has 27 heavy (non-hydrogen) atoms. The summed E-state index contributed by atoms with van der Waals surface area (Å²) in [5, 5.41) is 12.3. The average Bonchev–Trinajstić information content (AvgIpc) is 2.60. The average molecular weight is 408 g/mol. The minimum atomic E-state index is -1.09. The van der Waals surface area contributed by atoms with E-state index in [0.29, 0.717) is 17.3 Å². The molecule has 2 N–H and O–H groups in total. The van der Waals surface area contributed by atoms with Crippen LogP contribution in [0, 0.1) is 12.8 Å². The van der Waals surface area contributed by atoms with E-state index in [4.69, 9.17) is 11.6 Å².